The second-order valence-corrected chi connectivity index (χ2v) is 10.2. The van der Waals surface area contributed by atoms with E-state index in [1.165, 1.54) is 55.5 Å². The summed E-state index contributed by atoms with van der Waals surface area (Å²) in [6.45, 7) is 6.56. The molecule has 2 aliphatic carbocycles. The average molecular weight is 434 g/mol. The Morgan fingerprint density at radius 2 is 1.88 bits per heavy atom. The summed E-state index contributed by atoms with van der Waals surface area (Å²) in [5.41, 5.74) is 4.66. The van der Waals surface area contributed by atoms with Crippen molar-refractivity contribution in [2.24, 2.45) is 11.8 Å². The predicted octanol–water partition coefficient (Wildman–Crippen LogP) is 4.34. The number of carbonyl (C=O) groups excluding carboxylic acids is 1. The zero-order chi connectivity index (χ0) is 22.1. The van der Waals surface area contributed by atoms with Crippen LogP contribution in [0.25, 0.3) is 0 Å². The fourth-order valence-corrected chi connectivity index (χ4v) is 4.94. The highest BCUT2D eigenvalue weighted by Crippen LogP contribution is 2.30. The van der Waals surface area contributed by atoms with Gasteiger partial charge in [-0.1, -0.05) is 25.1 Å². The third kappa shape index (κ3) is 4.98. The van der Waals surface area contributed by atoms with Crippen LogP contribution in [0.15, 0.2) is 36.5 Å². The number of amides is 1. The Morgan fingerprint density at radius 3 is 2.59 bits per heavy atom. The normalized spacial score (nSPS) is 21.4. The van der Waals surface area contributed by atoms with E-state index in [0.29, 0.717) is 11.6 Å². The van der Waals surface area contributed by atoms with Crippen LogP contribution in [0.1, 0.15) is 59.8 Å². The standard InChI is InChI=1S/C27H35N3O2/c1-19-9-11-30(12-10-19)17-21-5-6-22-14-24(15-23(22)13-21)29(2)27(31)26-8-7-25(16-28-26)32-18-20-3-4-20/h5-8,13,16,19-20,24H,3-4,9-12,14-15,17-18H2,1-2H3/t24-/m1/s1. The first-order valence-electron chi connectivity index (χ1n) is 12.2. The molecule has 5 nitrogen and oxygen atoms in total. The Labute approximate surface area is 191 Å². The number of hydrogen-bond donors (Lipinski definition) is 0. The molecule has 0 radical (unpaired) electrons. The Bertz CT molecular complexity index is 946. The summed E-state index contributed by atoms with van der Waals surface area (Å²) in [6.07, 6.45) is 8.66. The van der Waals surface area contributed by atoms with Gasteiger partial charge in [-0.25, -0.2) is 4.98 Å². The van der Waals surface area contributed by atoms with Crippen LogP contribution in [0.4, 0.5) is 0 Å². The number of likely N-dealkylation sites (N-methyl/N-ethyl adjacent to an activating group) is 1. The van der Waals surface area contributed by atoms with E-state index in [1.807, 2.05) is 18.0 Å². The summed E-state index contributed by atoms with van der Waals surface area (Å²) >= 11 is 0. The maximum atomic E-state index is 13.0. The number of hydrogen-bond acceptors (Lipinski definition) is 4. The molecule has 0 bridgehead atoms. The average Bonchev–Trinajstić information content (AvgIpc) is 3.55. The van der Waals surface area contributed by atoms with E-state index in [4.69, 9.17) is 4.74 Å². The fraction of sp³-hybridized carbons (Fsp3) is 0.556. The molecule has 170 valence electrons. The molecule has 2 heterocycles. The molecule has 1 atom stereocenters. The summed E-state index contributed by atoms with van der Waals surface area (Å²) in [5, 5.41) is 0. The van der Waals surface area contributed by atoms with E-state index in [1.54, 1.807) is 12.3 Å². The van der Waals surface area contributed by atoms with Crippen LogP contribution in [0, 0.1) is 11.8 Å². The first-order valence-corrected chi connectivity index (χ1v) is 12.2. The van der Waals surface area contributed by atoms with Gasteiger partial charge in [-0.3, -0.25) is 9.69 Å². The number of pyridine rings is 1. The molecule has 0 spiro atoms. The number of piperidine rings is 1. The monoisotopic (exact) mass is 433 g/mol. The Kier molecular flexibility index (Phi) is 6.18. The minimum absolute atomic E-state index is 0.0146. The molecule has 1 aromatic carbocycles. The van der Waals surface area contributed by atoms with Gasteiger partial charge >= 0.3 is 0 Å². The van der Waals surface area contributed by atoms with Gasteiger partial charge in [0.25, 0.3) is 5.91 Å². The van der Waals surface area contributed by atoms with Crippen molar-refractivity contribution in [1.82, 2.24) is 14.8 Å². The lowest BCUT2D eigenvalue weighted by Crippen LogP contribution is -2.38. The van der Waals surface area contributed by atoms with Crippen molar-refractivity contribution in [3.8, 4) is 5.75 Å². The fourth-order valence-electron chi connectivity index (χ4n) is 4.94. The molecule has 2 aromatic rings. The maximum Gasteiger partial charge on any atom is 0.272 e. The summed E-state index contributed by atoms with van der Waals surface area (Å²) in [5.74, 6) is 2.30. The molecule has 1 amide bonds. The van der Waals surface area contributed by atoms with Gasteiger partial charge in [0.15, 0.2) is 0 Å². The van der Waals surface area contributed by atoms with Crippen molar-refractivity contribution in [1.29, 1.82) is 0 Å². The van der Waals surface area contributed by atoms with Crippen molar-refractivity contribution < 1.29 is 9.53 Å². The van der Waals surface area contributed by atoms with E-state index in [2.05, 4.69) is 35.0 Å². The molecular formula is C27H35N3O2. The van der Waals surface area contributed by atoms with Crippen molar-refractivity contribution in [3.05, 3.63) is 58.9 Å². The molecule has 5 heteroatoms. The number of rotatable bonds is 7. The van der Waals surface area contributed by atoms with E-state index in [-0.39, 0.29) is 11.9 Å². The molecule has 1 saturated heterocycles. The second-order valence-electron chi connectivity index (χ2n) is 10.2. The van der Waals surface area contributed by atoms with Crippen molar-refractivity contribution in [2.45, 2.75) is 58.0 Å². The van der Waals surface area contributed by atoms with Crippen molar-refractivity contribution in [2.75, 3.05) is 26.7 Å². The number of benzene rings is 1. The lowest BCUT2D eigenvalue weighted by molar-refractivity contribution is 0.0731. The highest BCUT2D eigenvalue weighted by Gasteiger charge is 2.29. The first-order chi connectivity index (χ1) is 15.5. The van der Waals surface area contributed by atoms with E-state index in [0.717, 1.165) is 37.7 Å². The minimum atomic E-state index is -0.0146. The minimum Gasteiger partial charge on any atom is -0.492 e. The molecule has 1 aromatic heterocycles. The summed E-state index contributed by atoms with van der Waals surface area (Å²) < 4.78 is 5.75. The molecule has 2 fully saturated rings. The van der Waals surface area contributed by atoms with Crippen molar-refractivity contribution in [3.63, 3.8) is 0 Å². The van der Waals surface area contributed by atoms with Gasteiger partial charge in [0, 0.05) is 19.6 Å². The van der Waals surface area contributed by atoms with Gasteiger partial charge in [0.05, 0.1) is 12.8 Å². The van der Waals surface area contributed by atoms with Crippen LogP contribution in [0.3, 0.4) is 0 Å². The third-order valence-electron chi connectivity index (χ3n) is 7.47. The molecule has 1 saturated carbocycles. The Morgan fingerprint density at radius 1 is 1.09 bits per heavy atom. The highest BCUT2D eigenvalue weighted by atomic mass is 16.5. The zero-order valence-corrected chi connectivity index (χ0v) is 19.4. The van der Waals surface area contributed by atoms with Crippen LogP contribution in [0.2, 0.25) is 0 Å². The number of ether oxygens (including phenoxy) is 1. The van der Waals surface area contributed by atoms with Gasteiger partial charge in [0.2, 0.25) is 0 Å². The second kappa shape index (κ2) is 9.22. The van der Waals surface area contributed by atoms with E-state index >= 15 is 0 Å². The summed E-state index contributed by atoms with van der Waals surface area (Å²) in [7, 11) is 1.91. The molecule has 1 aliphatic heterocycles. The number of likely N-dealkylation sites (tertiary alicyclic amines) is 1. The maximum absolute atomic E-state index is 13.0. The highest BCUT2D eigenvalue weighted by molar-refractivity contribution is 5.92. The van der Waals surface area contributed by atoms with Gasteiger partial charge in [-0.15, -0.1) is 0 Å². The molecule has 3 aliphatic rings. The molecule has 32 heavy (non-hydrogen) atoms. The van der Waals surface area contributed by atoms with Crippen LogP contribution in [-0.4, -0.2) is 53.5 Å². The van der Waals surface area contributed by atoms with Crippen molar-refractivity contribution >= 4 is 5.91 Å². The lowest BCUT2D eigenvalue weighted by atomic mass is 9.98. The topological polar surface area (TPSA) is 45.7 Å². The van der Waals surface area contributed by atoms with Gasteiger partial charge in [-0.2, -0.15) is 0 Å². The SMILES string of the molecule is CC1CCN(Cc2ccc3c(c2)C[C@H](N(C)C(=O)c2ccc(OCC4CC4)cn2)C3)CC1. The van der Waals surface area contributed by atoms with E-state index in [9.17, 15) is 4.79 Å². The van der Waals surface area contributed by atoms with Crippen LogP contribution >= 0.6 is 0 Å². The number of nitrogens with zero attached hydrogens (tertiary/aromatic N) is 3. The van der Waals surface area contributed by atoms with Gasteiger partial charge in [0.1, 0.15) is 11.4 Å². The number of carbonyl (C=O) groups is 1. The third-order valence-corrected chi connectivity index (χ3v) is 7.47. The molecule has 5 rings (SSSR count). The molecule has 0 N–H and O–H groups in total. The molecular weight excluding hydrogens is 398 g/mol. The van der Waals surface area contributed by atoms with Crippen LogP contribution in [-0.2, 0) is 19.4 Å². The number of fused-ring (bicyclic) bond motifs is 1. The summed E-state index contributed by atoms with van der Waals surface area (Å²) in [4.78, 5) is 21.9. The predicted molar refractivity (Wildman–Crippen MR) is 126 cm³/mol. The lowest BCUT2D eigenvalue weighted by Gasteiger charge is -2.30. The Balaban J connectivity index is 1.17. The van der Waals surface area contributed by atoms with E-state index < -0.39 is 0 Å². The zero-order valence-electron chi connectivity index (χ0n) is 19.4. The number of aromatic nitrogens is 1. The first kappa shape index (κ1) is 21.4. The van der Waals surface area contributed by atoms with Gasteiger partial charge < -0.3 is 9.64 Å². The summed E-state index contributed by atoms with van der Waals surface area (Å²) in [6, 6.07) is 10.8. The van der Waals surface area contributed by atoms with Crippen LogP contribution < -0.4 is 4.74 Å². The smallest absolute Gasteiger partial charge is 0.272 e. The quantitative estimate of drug-likeness (QED) is 0.652. The van der Waals surface area contributed by atoms with Crippen LogP contribution in [0.5, 0.6) is 5.75 Å². The largest absolute Gasteiger partial charge is 0.492 e. The molecule has 0 unspecified atom stereocenters. The Hall–Kier alpha value is -2.40. The van der Waals surface area contributed by atoms with Gasteiger partial charge in [-0.05, 0) is 92.3 Å².